The fourth-order valence-electron chi connectivity index (χ4n) is 2.50. The highest BCUT2D eigenvalue weighted by Crippen LogP contribution is 2.25. The third kappa shape index (κ3) is 5.13. The van der Waals surface area contributed by atoms with Gasteiger partial charge in [0, 0.05) is 11.4 Å². The van der Waals surface area contributed by atoms with Gasteiger partial charge in [-0.1, -0.05) is 23.7 Å². The van der Waals surface area contributed by atoms with E-state index < -0.39 is 12.0 Å². The summed E-state index contributed by atoms with van der Waals surface area (Å²) in [5, 5.41) is 12.4. The van der Waals surface area contributed by atoms with Gasteiger partial charge >= 0.3 is 5.97 Å². The molecule has 0 aromatic heterocycles. The maximum Gasteiger partial charge on any atom is 0.330 e. The second-order valence-corrected chi connectivity index (χ2v) is 6.00. The maximum atomic E-state index is 12.3. The van der Waals surface area contributed by atoms with E-state index in [2.05, 4.69) is 5.32 Å². The van der Waals surface area contributed by atoms with Gasteiger partial charge in [-0.05, 0) is 47.9 Å². The zero-order valence-electron chi connectivity index (χ0n) is 14.5. The molecule has 0 aliphatic rings. The first-order valence-corrected chi connectivity index (χ1v) is 8.31. The van der Waals surface area contributed by atoms with Gasteiger partial charge in [0.15, 0.2) is 6.04 Å². The Hall–Kier alpha value is -2.73. The lowest BCUT2D eigenvalue weighted by Gasteiger charge is -2.15. The average molecular weight is 378 g/mol. The zero-order valence-corrected chi connectivity index (χ0v) is 15.2. The SMILES string of the molecule is COc1ccc(OC)c(CCC(=O)NC(C(=O)O)c2ccc(Cl)cc2)c1. The lowest BCUT2D eigenvalue weighted by molar-refractivity contribution is -0.142. The minimum atomic E-state index is -1.14. The molecule has 6 nitrogen and oxygen atoms in total. The number of carboxylic acids is 1. The highest BCUT2D eigenvalue weighted by atomic mass is 35.5. The van der Waals surface area contributed by atoms with Crippen LogP contribution in [-0.4, -0.2) is 31.2 Å². The van der Waals surface area contributed by atoms with Crippen molar-refractivity contribution >= 4 is 23.5 Å². The van der Waals surface area contributed by atoms with Crippen LogP contribution >= 0.6 is 11.6 Å². The fourth-order valence-corrected chi connectivity index (χ4v) is 2.63. The molecule has 0 saturated heterocycles. The first kappa shape index (κ1) is 19.6. The molecule has 1 atom stereocenters. The maximum absolute atomic E-state index is 12.3. The predicted octanol–water partition coefficient (Wildman–Crippen LogP) is 3.23. The van der Waals surface area contributed by atoms with Gasteiger partial charge in [0.2, 0.25) is 5.91 Å². The van der Waals surface area contributed by atoms with Crippen LogP contribution in [-0.2, 0) is 16.0 Å². The van der Waals surface area contributed by atoms with Gasteiger partial charge in [-0.2, -0.15) is 0 Å². The summed E-state index contributed by atoms with van der Waals surface area (Å²) in [5.74, 6) is -0.214. The number of aliphatic carboxylic acids is 1. The Morgan fingerprint density at radius 1 is 1.12 bits per heavy atom. The number of benzene rings is 2. The zero-order chi connectivity index (χ0) is 19.1. The lowest BCUT2D eigenvalue weighted by Crippen LogP contribution is -2.33. The van der Waals surface area contributed by atoms with Gasteiger partial charge < -0.3 is 19.9 Å². The van der Waals surface area contributed by atoms with Gasteiger partial charge in [-0.3, -0.25) is 4.79 Å². The number of amides is 1. The second-order valence-electron chi connectivity index (χ2n) is 5.57. The molecule has 0 aliphatic heterocycles. The van der Waals surface area contributed by atoms with Gasteiger partial charge in [-0.25, -0.2) is 4.79 Å². The van der Waals surface area contributed by atoms with E-state index in [9.17, 15) is 14.7 Å². The van der Waals surface area contributed by atoms with Crippen LogP contribution in [0.25, 0.3) is 0 Å². The molecule has 0 spiro atoms. The molecule has 0 saturated carbocycles. The number of carbonyl (C=O) groups is 2. The molecule has 2 aromatic carbocycles. The second kappa shape index (κ2) is 9.10. The van der Waals surface area contributed by atoms with Crippen LogP contribution in [0, 0.1) is 0 Å². The molecule has 0 aliphatic carbocycles. The summed E-state index contributed by atoms with van der Waals surface area (Å²) in [4.78, 5) is 23.7. The van der Waals surface area contributed by atoms with Crippen molar-refractivity contribution in [2.45, 2.75) is 18.9 Å². The molecule has 138 valence electrons. The summed E-state index contributed by atoms with van der Waals surface area (Å²) in [6.45, 7) is 0. The van der Waals surface area contributed by atoms with E-state index in [4.69, 9.17) is 21.1 Å². The normalized spacial score (nSPS) is 11.5. The quantitative estimate of drug-likeness (QED) is 0.737. The van der Waals surface area contributed by atoms with Gasteiger partial charge in [0.05, 0.1) is 14.2 Å². The Morgan fingerprint density at radius 2 is 1.81 bits per heavy atom. The Labute approximate surface area is 156 Å². The Kier molecular flexibility index (Phi) is 6.86. The number of rotatable bonds is 8. The van der Waals surface area contributed by atoms with E-state index in [1.54, 1.807) is 56.7 Å². The smallest absolute Gasteiger partial charge is 0.330 e. The van der Waals surface area contributed by atoms with Crippen molar-refractivity contribution < 1.29 is 24.2 Å². The predicted molar refractivity (Wildman–Crippen MR) is 97.8 cm³/mol. The van der Waals surface area contributed by atoms with Crippen molar-refractivity contribution in [3.05, 3.63) is 58.6 Å². The van der Waals surface area contributed by atoms with Crippen molar-refractivity contribution in [1.29, 1.82) is 0 Å². The van der Waals surface area contributed by atoms with Gasteiger partial charge in [0.25, 0.3) is 0 Å². The molecule has 2 N–H and O–H groups in total. The number of halogens is 1. The lowest BCUT2D eigenvalue weighted by atomic mass is 10.1. The third-order valence-corrected chi connectivity index (χ3v) is 4.12. The van der Waals surface area contributed by atoms with Crippen molar-refractivity contribution in [2.24, 2.45) is 0 Å². The van der Waals surface area contributed by atoms with Gasteiger partial charge in [-0.15, -0.1) is 0 Å². The number of carboxylic acid groups (broad SMARTS) is 1. The van der Waals surface area contributed by atoms with E-state index >= 15 is 0 Å². The Balaban J connectivity index is 2.05. The van der Waals surface area contributed by atoms with Crippen LogP contribution in [0.2, 0.25) is 5.02 Å². The summed E-state index contributed by atoms with van der Waals surface area (Å²) >= 11 is 5.82. The topological polar surface area (TPSA) is 84.9 Å². The third-order valence-electron chi connectivity index (χ3n) is 3.86. The number of aryl methyl sites for hydroxylation is 1. The molecular formula is C19H20ClNO5. The summed E-state index contributed by atoms with van der Waals surface area (Å²) in [7, 11) is 3.11. The van der Waals surface area contributed by atoms with Crippen LogP contribution in [0.3, 0.4) is 0 Å². The fraction of sp³-hybridized carbons (Fsp3) is 0.263. The molecule has 0 bridgehead atoms. The number of hydrogen-bond donors (Lipinski definition) is 2. The van der Waals surface area contributed by atoms with E-state index in [0.717, 1.165) is 5.56 Å². The largest absolute Gasteiger partial charge is 0.497 e. The summed E-state index contributed by atoms with van der Waals surface area (Å²) in [6.07, 6.45) is 0.500. The number of methoxy groups -OCH3 is 2. The number of carbonyl (C=O) groups excluding carboxylic acids is 1. The first-order valence-electron chi connectivity index (χ1n) is 7.93. The monoisotopic (exact) mass is 377 g/mol. The van der Waals surface area contributed by atoms with E-state index in [1.165, 1.54) is 0 Å². The van der Waals surface area contributed by atoms with Crippen molar-refractivity contribution in [3.63, 3.8) is 0 Å². The molecule has 2 aromatic rings. The Bertz CT molecular complexity index is 776. The minimum absolute atomic E-state index is 0.112. The highest BCUT2D eigenvalue weighted by Gasteiger charge is 2.22. The molecule has 1 unspecified atom stereocenters. The number of nitrogens with one attached hydrogen (secondary N) is 1. The molecular weight excluding hydrogens is 358 g/mol. The molecule has 7 heteroatoms. The van der Waals surface area contributed by atoms with Crippen molar-refractivity contribution in [2.75, 3.05) is 14.2 Å². The van der Waals surface area contributed by atoms with E-state index in [0.29, 0.717) is 28.5 Å². The van der Waals surface area contributed by atoms with Crippen molar-refractivity contribution in [3.8, 4) is 11.5 Å². The van der Waals surface area contributed by atoms with Crippen LogP contribution < -0.4 is 14.8 Å². The molecule has 0 radical (unpaired) electrons. The van der Waals surface area contributed by atoms with Crippen molar-refractivity contribution in [1.82, 2.24) is 5.32 Å². The van der Waals surface area contributed by atoms with E-state index in [-0.39, 0.29) is 12.3 Å². The number of hydrogen-bond acceptors (Lipinski definition) is 4. The van der Waals surface area contributed by atoms with E-state index in [1.807, 2.05) is 0 Å². The molecule has 1 amide bonds. The van der Waals surface area contributed by atoms with Crippen LogP contribution in [0.1, 0.15) is 23.6 Å². The average Bonchev–Trinajstić information content (AvgIpc) is 2.64. The standard InChI is InChI=1S/C19H20ClNO5/c1-25-15-8-9-16(26-2)13(11-15)5-10-17(22)21-18(19(23)24)12-3-6-14(20)7-4-12/h3-4,6-9,11,18H,5,10H2,1-2H3,(H,21,22)(H,23,24). The van der Waals surface area contributed by atoms with Crippen LogP contribution in [0.5, 0.6) is 11.5 Å². The first-order chi connectivity index (χ1) is 12.4. The van der Waals surface area contributed by atoms with Crippen LogP contribution in [0.4, 0.5) is 0 Å². The highest BCUT2D eigenvalue weighted by molar-refractivity contribution is 6.30. The molecule has 0 fully saturated rings. The summed E-state index contributed by atoms with van der Waals surface area (Å²) < 4.78 is 10.5. The molecule has 0 heterocycles. The van der Waals surface area contributed by atoms with Gasteiger partial charge in [0.1, 0.15) is 11.5 Å². The number of ether oxygens (including phenoxy) is 2. The van der Waals surface area contributed by atoms with Crippen LogP contribution in [0.15, 0.2) is 42.5 Å². The molecule has 2 rings (SSSR count). The summed E-state index contributed by atoms with van der Waals surface area (Å²) in [6, 6.07) is 10.5. The Morgan fingerprint density at radius 3 is 2.38 bits per heavy atom. The minimum Gasteiger partial charge on any atom is -0.497 e. The summed E-state index contributed by atoms with van der Waals surface area (Å²) in [5.41, 5.74) is 1.26. The molecule has 26 heavy (non-hydrogen) atoms.